The molecule has 1 aromatic carbocycles. The van der Waals surface area contributed by atoms with Gasteiger partial charge in [0.05, 0.1) is 5.52 Å². The number of nitrogens with one attached hydrogen (secondary N) is 1. The highest BCUT2D eigenvalue weighted by Crippen LogP contribution is 2.27. The van der Waals surface area contributed by atoms with Crippen LogP contribution in [0.2, 0.25) is 0 Å². The van der Waals surface area contributed by atoms with Crippen molar-refractivity contribution in [1.82, 2.24) is 29.8 Å². The molecule has 2 amide bonds. The highest BCUT2D eigenvalue weighted by atomic mass is 16.2. The van der Waals surface area contributed by atoms with Crippen molar-refractivity contribution in [3.05, 3.63) is 30.1 Å². The van der Waals surface area contributed by atoms with Crippen LogP contribution in [-0.4, -0.2) is 63.2 Å². The normalized spacial score (nSPS) is 15.4. The average molecular weight is 381 g/mol. The van der Waals surface area contributed by atoms with E-state index in [1.807, 2.05) is 36.1 Å². The molecule has 0 aliphatic carbocycles. The van der Waals surface area contributed by atoms with Crippen LogP contribution in [0.15, 0.2) is 24.3 Å². The van der Waals surface area contributed by atoms with E-state index in [1.165, 1.54) is 0 Å². The number of carbonyl (C=O) groups is 1. The van der Waals surface area contributed by atoms with Crippen molar-refractivity contribution >= 4 is 28.5 Å². The van der Waals surface area contributed by atoms with Crippen LogP contribution in [-0.2, 0) is 0 Å². The van der Waals surface area contributed by atoms with Gasteiger partial charge in [-0.25, -0.2) is 14.2 Å². The molecule has 4 rings (SSSR count). The van der Waals surface area contributed by atoms with E-state index in [-0.39, 0.29) is 11.9 Å². The number of nitrogens with zero attached hydrogens (tertiary/aromatic N) is 6. The largest absolute Gasteiger partial charge is 0.340 e. The van der Waals surface area contributed by atoms with Crippen molar-refractivity contribution in [3.8, 4) is 0 Å². The summed E-state index contributed by atoms with van der Waals surface area (Å²) in [5, 5.41) is 12.9. The number of hydrogen-bond acceptors (Lipinski definition) is 5. The maximum atomic E-state index is 12.2. The van der Waals surface area contributed by atoms with Crippen molar-refractivity contribution in [2.24, 2.45) is 0 Å². The van der Waals surface area contributed by atoms with E-state index < -0.39 is 0 Å². The summed E-state index contributed by atoms with van der Waals surface area (Å²) in [5.41, 5.74) is 1.76. The Balaban J connectivity index is 1.76. The first-order valence-electron chi connectivity index (χ1n) is 10.0. The molecule has 3 heterocycles. The smallest absolute Gasteiger partial charge is 0.317 e. The molecule has 0 radical (unpaired) electrons. The lowest BCUT2D eigenvalue weighted by atomic mass is 10.2. The summed E-state index contributed by atoms with van der Waals surface area (Å²) in [5.74, 6) is 2.00. The number of carbonyl (C=O) groups excluding carboxylic acids is 1. The first-order valence-corrected chi connectivity index (χ1v) is 10.0. The fourth-order valence-corrected chi connectivity index (χ4v) is 3.76. The summed E-state index contributed by atoms with van der Waals surface area (Å²) in [6, 6.07) is 8.06. The average Bonchev–Trinajstić information content (AvgIpc) is 2.99. The van der Waals surface area contributed by atoms with E-state index in [0.717, 1.165) is 54.4 Å². The maximum absolute atomic E-state index is 12.2. The van der Waals surface area contributed by atoms with Crippen molar-refractivity contribution in [2.75, 3.05) is 37.6 Å². The van der Waals surface area contributed by atoms with Crippen molar-refractivity contribution < 1.29 is 4.79 Å². The van der Waals surface area contributed by atoms with Crippen molar-refractivity contribution in [1.29, 1.82) is 0 Å². The van der Waals surface area contributed by atoms with Crippen LogP contribution in [0, 0.1) is 0 Å². The van der Waals surface area contributed by atoms with Gasteiger partial charge >= 0.3 is 6.03 Å². The zero-order valence-electron chi connectivity index (χ0n) is 16.7. The highest BCUT2D eigenvalue weighted by molar-refractivity contribution is 5.92. The molecule has 0 atom stereocenters. The van der Waals surface area contributed by atoms with E-state index >= 15 is 0 Å². The Morgan fingerprint density at radius 1 is 1.14 bits per heavy atom. The number of fused-ring (bicyclic) bond motifs is 3. The molecule has 148 valence electrons. The molecule has 8 heteroatoms. The number of urea groups is 1. The molecule has 28 heavy (non-hydrogen) atoms. The number of para-hydroxylation sites is 1. The SMILES string of the molecule is CCNC(=O)N1CCCN(c2nc3ccccc3c3nnc(C(C)C)n23)CC1. The van der Waals surface area contributed by atoms with Gasteiger partial charge in [0, 0.05) is 44.0 Å². The van der Waals surface area contributed by atoms with E-state index in [0.29, 0.717) is 13.1 Å². The van der Waals surface area contributed by atoms with Gasteiger partial charge in [0.25, 0.3) is 0 Å². The molecule has 3 aromatic rings. The summed E-state index contributed by atoms with van der Waals surface area (Å²) >= 11 is 0. The minimum absolute atomic E-state index is 0.00753. The fourth-order valence-electron chi connectivity index (χ4n) is 3.76. The molecular formula is C20H27N7O. The quantitative estimate of drug-likeness (QED) is 0.755. The van der Waals surface area contributed by atoms with Crippen LogP contribution >= 0.6 is 0 Å². The molecule has 1 aliphatic heterocycles. The molecule has 1 aliphatic rings. The lowest BCUT2D eigenvalue weighted by molar-refractivity contribution is 0.202. The number of aromatic nitrogens is 4. The van der Waals surface area contributed by atoms with E-state index in [4.69, 9.17) is 4.98 Å². The Kier molecular flexibility index (Phi) is 5.02. The third-order valence-electron chi connectivity index (χ3n) is 5.16. The highest BCUT2D eigenvalue weighted by Gasteiger charge is 2.24. The van der Waals surface area contributed by atoms with E-state index in [1.54, 1.807) is 0 Å². The van der Waals surface area contributed by atoms with Gasteiger partial charge in [-0.1, -0.05) is 26.0 Å². The van der Waals surface area contributed by atoms with Crippen LogP contribution in [0.4, 0.5) is 10.7 Å². The molecule has 2 aromatic heterocycles. The van der Waals surface area contributed by atoms with Crippen molar-refractivity contribution in [3.63, 3.8) is 0 Å². The van der Waals surface area contributed by atoms with Gasteiger partial charge in [0.2, 0.25) is 5.95 Å². The van der Waals surface area contributed by atoms with Crippen LogP contribution in [0.3, 0.4) is 0 Å². The zero-order chi connectivity index (χ0) is 19.7. The first-order chi connectivity index (χ1) is 13.6. The lowest BCUT2D eigenvalue weighted by Crippen LogP contribution is -2.42. The molecule has 1 N–H and O–H groups in total. The molecule has 0 bridgehead atoms. The minimum Gasteiger partial charge on any atom is -0.340 e. The van der Waals surface area contributed by atoms with Gasteiger partial charge in [-0.2, -0.15) is 0 Å². The second-order valence-electron chi connectivity index (χ2n) is 7.46. The number of anilines is 1. The monoisotopic (exact) mass is 381 g/mol. The molecule has 1 fully saturated rings. The number of amides is 2. The topological polar surface area (TPSA) is 78.7 Å². The Morgan fingerprint density at radius 3 is 2.75 bits per heavy atom. The van der Waals surface area contributed by atoms with Crippen LogP contribution < -0.4 is 10.2 Å². The lowest BCUT2D eigenvalue weighted by Gasteiger charge is -2.24. The summed E-state index contributed by atoms with van der Waals surface area (Å²) < 4.78 is 2.09. The van der Waals surface area contributed by atoms with Gasteiger partial charge in [0.1, 0.15) is 5.82 Å². The number of hydrogen-bond donors (Lipinski definition) is 1. The number of rotatable bonds is 3. The molecule has 0 saturated carbocycles. The Bertz CT molecular complexity index is 997. The van der Waals surface area contributed by atoms with Gasteiger partial charge in [-0.05, 0) is 25.5 Å². The number of benzene rings is 1. The molecule has 0 spiro atoms. The Morgan fingerprint density at radius 2 is 1.96 bits per heavy atom. The Hall–Kier alpha value is -2.90. The third kappa shape index (κ3) is 3.23. The second-order valence-corrected chi connectivity index (χ2v) is 7.46. The van der Waals surface area contributed by atoms with Gasteiger partial charge in [-0.3, -0.25) is 0 Å². The van der Waals surface area contributed by atoms with Crippen LogP contribution in [0.1, 0.15) is 38.9 Å². The predicted molar refractivity (Wildman–Crippen MR) is 110 cm³/mol. The standard InChI is InChI=1S/C20H27N7O/c1-4-21-20(28)26-11-7-10-25(12-13-26)19-22-16-9-6-5-8-15(16)18-24-23-17(14(2)3)27(18)19/h5-6,8-9,14H,4,7,10-13H2,1-3H3,(H,21,28). The third-order valence-corrected chi connectivity index (χ3v) is 5.16. The van der Waals surface area contributed by atoms with Gasteiger partial charge in [0.15, 0.2) is 5.65 Å². The van der Waals surface area contributed by atoms with Crippen LogP contribution in [0.25, 0.3) is 16.6 Å². The van der Waals surface area contributed by atoms with E-state index in [9.17, 15) is 4.79 Å². The summed E-state index contributed by atoms with van der Waals surface area (Å²) in [7, 11) is 0. The zero-order valence-corrected chi connectivity index (χ0v) is 16.7. The minimum atomic E-state index is 0.00753. The fraction of sp³-hybridized carbons (Fsp3) is 0.500. The first kappa shape index (κ1) is 18.5. The summed E-state index contributed by atoms with van der Waals surface area (Å²) in [4.78, 5) is 21.4. The van der Waals surface area contributed by atoms with E-state index in [2.05, 4.69) is 38.7 Å². The maximum Gasteiger partial charge on any atom is 0.317 e. The molecule has 0 unspecified atom stereocenters. The molecular weight excluding hydrogens is 354 g/mol. The van der Waals surface area contributed by atoms with Crippen molar-refractivity contribution in [2.45, 2.75) is 33.1 Å². The molecule has 1 saturated heterocycles. The summed E-state index contributed by atoms with van der Waals surface area (Å²) in [6.45, 7) is 9.81. The van der Waals surface area contributed by atoms with Gasteiger partial charge in [-0.15, -0.1) is 10.2 Å². The summed E-state index contributed by atoms with van der Waals surface area (Å²) in [6.07, 6.45) is 0.895. The van der Waals surface area contributed by atoms with Gasteiger partial charge < -0.3 is 15.1 Å². The van der Waals surface area contributed by atoms with Crippen LogP contribution in [0.5, 0.6) is 0 Å². The Labute approximate surface area is 164 Å². The predicted octanol–water partition coefficient (Wildman–Crippen LogP) is 2.64. The molecule has 8 nitrogen and oxygen atoms in total. The second kappa shape index (κ2) is 7.61.